The van der Waals surface area contributed by atoms with Crippen molar-refractivity contribution in [3.8, 4) is 5.75 Å². The molecule has 1 aromatic carbocycles. The van der Waals surface area contributed by atoms with Crippen molar-refractivity contribution < 1.29 is 9.47 Å². The highest BCUT2D eigenvalue weighted by Gasteiger charge is 2.44. The van der Waals surface area contributed by atoms with Gasteiger partial charge in [0.15, 0.2) is 0 Å². The molecule has 18 heavy (non-hydrogen) atoms. The molecule has 0 aromatic heterocycles. The van der Waals surface area contributed by atoms with E-state index in [9.17, 15) is 0 Å². The zero-order chi connectivity index (χ0) is 13.2. The summed E-state index contributed by atoms with van der Waals surface area (Å²) in [6, 6.07) is 7.89. The lowest BCUT2D eigenvalue weighted by atomic mass is 9.72. The number of ether oxygens (including phenoxy) is 2. The molecule has 1 aromatic rings. The van der Waals surface area contributed by atoms with Crippen LogP contribution in [-0.4, -0.2) is 18.8 Å². The molecule has 0 radical (unpaired) electrons. The molecule has 1 atom stereocenters. The summed E-state index contributed by atoms with van der Waals surface area (Å²) in [7, 11) is 1.75. The molecular weight excluding hydrogens is 226 g/mol. The monoisotopic (exact) mass is 249 g/mol. The molecule has 3 heteroatoms. The fourth-order valence-electron chi connectivity index (χ4n) is 2.55. The van der Waals surface area contributed by atoms with Crippen molar-refractivity contribution in [2.45, 2.75) is 50.9 Å². The maximum Gasteiger partial charge on any atom is 0.124 e. The second-order valence-corrected chi connectivity index (χ2v) is 5.30. The molecule has 3 nitrogen and oxygen atoms in total. The number of methoxy groups -OCH3 is 1. The molecule has 1 aliphatic carbocycles. The summed E-state index contributed by atoms with van der Waals surface area (Å²) in [6.07, 6.45) is 3.40. The Morgan fingerprint density at radius 1 is 1.22 bits per heavy atom. The van der Waals surface area contributed by atoms with Gasteiger partial charge in [-0.15, -0.1) is 0 Å². The predicted molar refractivity (Wildman–Crippen MR) is 72.7 cm³/mol. The van der Waals surface area contributed by atoms with Crippen molar-refractivity contribution in [2.75, 3.05) is 7.11 Å². The van der Waals surface area contributed by atoms with Crippen LogP contribution in [0, 0.1) is 0 Å². The predicted octanol–water partition coefficient (Wildman–Crippen LogP) is 3.04. The van der Waals surface area contributed by atoms with Crippen LogP contribution in [0.4, 0.5) is 0 Å². The van der Waals surface area contributed by atoms with Gasteiger partial charge < -0.3 is 15.2 Å². The number of hydrogen-bond donors (Lipinski definition) is 1. The summed E-state index contributed by atoms with van der Waals surface area (Å²) in [6.45, 7) is 4.05. The number of benzene rings is 1. The highest BCUT2D eigenvalue weighted by Crippen LogP contribution is 2.45. The lowest BCUT2D eigenvalue weighted by Crippen LogP contribution is -2.48. The Morgan fingerprint density at radius 2 is 1.89 bits per heavy atom. The van der Waals surface area contributed by atoms with E-state index in [-0.39, 0.29) is 17.7 Å². The van der Waals surface area contributed by atoms with Crippen LogP contribution in [0.1, 0.15) is 44.7 Å². The van der Waals surface area contributed by atoms with E-state index >= 15 is 0 Å². The molecule has 2 N–H and O–H groups in total. The summed E-state index contributed by atoms with van der Waals surface area (Å²) in [4.78, 5) is 0. The van der Waals surface area contributed by atoms with Crippen LogP contribution < -0.4 is 10.5 Å². The van der Waals surface area contributed by atoms with Gasteiger partial charge in [0.2, 0.25) is 0 Å². The quantitative estimate of drug-likeness (QED) is 0.872. The lowest BCUT2D eigenvalue weighted by Gasteiger charge is -2.45. The van der Waals surface area contributed by atoms with Crippen LogP contribution in [0.3, 0.4) is 0 Å². The van der Waals surface area contributed by atoms with Crippen molar-refractivity contribution >= 4 is 0 Å². The molecule has 100 valence electrons. The maximum absolute atomic E-state index is 6.42. The largest absolute Gasteiger partial charge is 0.491 e. The van der Waals surface area contributed by atoms with E-state index in [2.05, 4.69) is 0 Å². The highest BCUT2D eigenvalue weighted by molar-refractivity contribution is 5.38. The first kappa shape index (κ1) is 13.4. The van der Waals surface area contributed by atoms with Crippen LogP contribution in [0.25, 0.3) is 0 Å². The van der Waals surface area contributed by atoms with Gasteiger partial charge in [-0.1, -0.05) is 18.2 Å². The minimum atomic E-state index is -0.198. The lowest BCUT2D eigenvalue weighted by molar-refractivity contribution is -0.0916. The van der Waals surface area contributed by atoms with Gasteiger partial charge >= 0.3 is 0 Å². The second kappa shape index (κ2) is 5.29. The van der Waals surface area contributed by atoms with Gasteiger partial charge in [-0.3, -0.25) is 0 Å². The molecule has 0 bridgehead atoms. The van der Waals surface area contributed by atoms with E-state index in [4.69, 9.17) is 15.2 Å². The molecular formula is C15H23NO2. The SMILES string of the molecule is COC1(C(N)c2ccccc2OC(C)C)CCC1. The number of rotatable bonds is 5. The Balaban J connectivity index is 2.26. The average Bonchev–Trinajstić information content (AvgIpc) is 2.28. The van der Waals surface area contributed by atoms with Gasteiger partial charge in [0.25, 0.3) is 0 Å². The molecule has 1 fully saturated rings. The van der Waals surface area contributed by atoms with Gasteiger partial charge in [-0.2, -0.15) is 0 Å². The summed E-state index contributed by atoms with van der Waals surface area (Å²) < 4.78 is 11.5. The van der Waals surface area contributed by atoms with Crippen molar-refractivity contribution in [1.29, 1.82) is 0 Å². The van der Waals surface area contributed by atoms with Gasteiger partial charge in [0, 0.05) is 12.7 Å². The molecule has 0 saturated heterocycles. The van der Waals surface area contributed by atoms with E-state index in [1.807, 2.05) is 38.1 Å². The number of nitrogens with two attached hydrogens (primary N) is 1. The third-order valence-electron chi connectivity index (χ3n) is 3.79. The number of hydrogen-bond acceptors (Lipinski definition) is 3. The average molecular weight is 249 g/mol. The van der Waals surface area contributed by atoms with E-state index in [1.54, 1.807) is 7.11 Å². The zero-order valence-corrected chi connectivity index (χ0v) is 11.5. The van der Waals surface area contributed by atoms with Crippen LogP contribution in [0.5, 0.6) is 5.75 Å². The van der Waals surface area contributed by atoms with Gasteiger partial charge in [-0.25, -0.2) is 0 Å². The molecule has 1 saturated carbocycles. The Hall–Kier alpha value is -1.06. The Bertz CT molecular complexity index is 394. The molecule has 0 heterocycles. The fraction of sp³-hybridized carbons (Fsp3) is 0.600. The van der Waals surface area contributed by atoms with Crippen molar-refractivity contribution in [3.63, 3.8) is 0 Å². The van der Waals surface area contributed by atoms with E-state index in [0.717, 1.165) is 24.2 Å². The van der Waals surface area contributed by atoms with Gasteiger partial charge in [0.1, 0.15) is 5.75 Å². The topological polar surface area (TPSA) is 44.5 Å². The summed E-state index contributed by atoms with van der Waals surface area (Å²) in [5, 5.41) is 0. The first-order chi connectivity index (χ1) is 8.59. The van der Waals surface area contributed by atoms with E-state index < -0.39 is 0 Å². The van der Waals surface area contributed by atoms with Crippen LogP contribution in [-0.2, 0) is 4.74 Å². The van der Waals surface area contributed by atoms with Gasteiger partial charge in [-0.05, 0) is 39.2 Å². The molecule has 1 aliphatic rings. The molecule has 2 rings (SSSR count). The smallest absolute Gasteiger partial charge is 0.124 e. The second-order valence-electron chi connectivity index (χ2n) is 5.30. The fourth-order valence-corrected chi connectivity index (χ4v) is 2.55. The molecule has 0 amide bonds. The van der Waals surface area contributed by atoms with Gasteiger partial charge in [0.05, 0.1) is 17.7 Å². The Kier molecular flexibility index (Phi) is 3.93. The zero-order valence-electron chi connectivity index (χ0n) is 11.5. The summed E-state index contributed by atoms with van der Waals surface area (Å²) in [5.74, 6) is 0.878. The van der Waals surface area contributed by atoms with E-state index in [0.29, 0.717) is 0 Å². The third-order valence-corrected chi connectivity index (χ3v) is 3.79. The minimum Gasteiger partial charge on any atom is -0.491 e. The first-order valence-corrected chi connectivity index (χ1v) is 6.65. The summed E-state index contributed by atoms with van der Waals surface area (Å²) >= 11 is 0. The van der Waals surface area contributed by atoms with Crippen molar-refractivity contribution in [3.05, 3.63) is 29.8 Å². The molecule has 0 aliphatic heterocycles. The van der Waals surface area contributed by atoms with Crippen LogP contribution in [0.15, 0.2) is 24.3 Å². The van der Waals surface area contributed by atoms with Crippen molar-refractivity contribution in [2.24, 2.45) is 5.73 Å². The number of para-hydroxylation sites is 1. The normalized spacial score (nSPS) is 19.4. The minimum absolute atomic E-state index is 0.119. The van der Waals surface area contributed by atoms with E-state index in [1.165, 1.54) is 6.42 Å². The standard InChI is InChI=1S/C15H23NO2/c1-11(2)18-13-8-5-4-7-12(13)14(16)15(17-3)9-6-10-15/h4-5,7-8,11,14H,6,9-10,16H2,1-3H3. The Morgan fingerprint density at radius 3 is 2.39 bits per heavy atom. The Labute approximate surface area is 109 Å². The molecule has 1 unspecified atom stereocenters. The van der Waals surface area contributed by atoms with Crippen LogP contribution >= 0.6 is 0 Å². The highest BCUT2D eigenvalue weighted by atomic mass is 16.5. The third kappa shape index (κ3) is 2.38. The van der Waals surface area contributed by atoms with Crippen LogP contribution in [0.2, 0.25) is 0 Å². The first-order valence-electron chi connectivity index (χ1n) is 6.65. The summed E-state index contributed by atoms with van der Waals surface area (Å²) in [5.41, 5.74) is 7.27. The van der Waals surface area contributed by atoms with Crippen molar-refractivity contribution in [1.82, 2.24) is 0 Å². The maximum atomic E-state index is 6.42. The molecule has 0 spiro atoms.